The second kappa shape index (κ2) is 4.48. The first kappa shape index (κ1) is 11.3. The standard InChI is InChI=1S/C15H19N3/c1-2-3-10-8-14(10)18-13-5-4-11-9-17-7-6-12(11)15(13)16/h4-7,9-10,14,18H,2-3,8,16H2,1H3. The van der Waals surface area contributed by atoms with Crippen LogP contribution in [0.15, 0.2) is 30.6 Å². The number of benzene rings is 1. The summed E-state index contributed by atoms with van der Waals surface area (Å²) in [7, 11) is 0. The number of nitrogens with zero attached hydrogens (tertiary/aromatic N) is 1. The molecule has 1 heterocycles. The molecule has 1 aliphatic carbocycles. The summed E-state index contributed by atoms with van der Waals surface area (Å²) < 4.78 is 0. The van der Waals surface area contributed by atoms with Crippen molar-refractivity contribution >= 4 is 22.1 Å². The average Bonchev–Trinajstić information content (AvgIpc) is 3.12. The van der Waals surface area contributed by atoms with E-state index < -0.39 is 0 Å². The minimum absolute atomic E-state index is 0.617. The van der Waals surface area contributed by atoms with Gasteiger partial charge in [0.25, 0.3) is 0 Å². The normalized spacial score (nSPS) is 22.1. The maximum Gasteiger partial charge on any atom is 0.0630 e. The van der Waals surface area contributed by atoms with Gasteiger partial charge in [-0.15, -0.1) is 0 Å². The Morgan fingerprint density at radius 1 is 1.39 bits per heavy atom. The average molecular weight is 241 g/mol. The van der Waals surface area contributed by atoms with Gasteiger partial charge in [-0.1, -0.05) is 19.4 Å². The van der Waals surface area contributed by atoms with Gasteiger partial charge in [-0.3, -0.25) is 4.98 Å². The molecule has 18 heavy (non-hydrogen) atoms. The van der Waals surface area contributed by atoms with E-state index in [1.165, 1.54) is 19.3 Å². The van der Waals surface area contributed by atoms with Crippen LogP contribution in [0.3, 0.4) is 0 Å². The zero-order chi connectivity index (χ0) is 12.5. The van der Waals surface area contributed by atoms with E-state index in [4.69, 9.17) is 5.73 Å². The van der Waals surface area contributed by atoms with E-state index in [1.807, 2.05) is 12.3 Å². The Hall–Kier alpha value is -1.77. The van der Waals surface area contributed by atoms with Gasteiger partial charge in [-0.2, -0.15) is 0 Å². The van der Waals surface area contributed by atoms with Crippen molar-refractivity contribution in [2.24, 2.45) is 5.92 Å². The predicted octanol–water partition coefficient (Wildman–Crippen LogP) is 3.42. The lowest BCUT2D eigenvalue weighted by Crippen LogP contribution is -2.07. The Kier molecular flexibility index (Phi) is 2.82. The molecule has 0 amide bonds. The number of anilines is 2. The summed E-state index contributed by atoms with van der Waals surface area (Å²) in [6.45, 7) is 2.24. The lowest BCUT2D eigenvalue weighted by Gasteiger charge is -2.11. The quantitative estimate of drug-likeness (QED) is 0.806. The van der Waals surface area contributed by atoms with E-state index >= 15 is 0 Å². The van der Waals surface area contributed by atoms with Crippen LogP contribution in [-0.2, 0) is 0 Å². The van der Waals surface area contributed by atoms with Crippen molar-refractivity contribution < 1.29 is 0 Å². The molecule has 94 valence electrons. The molecule has 1 fully saturated rings. The minimum atomic E-state index is 0.617. The molecule has 0 bridgehead atoms. The Morgan fingerprint density at radius 2 is 2.28 bits per heavy atom. The van der Waals surface area contributed by atoms with Crippen LogP contribution < -0.4 is 11.1 Å². The molecule has 0 spiro atoms. The summed E-state index contributed by atoms with van der Waals surface area (Å²) in [6, 6.07) is 6.75. The number of nitrogens with one attached hydrogen (secondary N) is 1. The van der Waals surface area contributed by atoms with Crippen molar-refractivity contribution in [3.05, 3.63) is 30.6 Å². The third kappa shape index (κ3) is 2.01. The van der Waals surface area contributed by atoms with Crippen molar-refractivity contribution in [3.8, 4) is 0 Å². The van der Waals surface area contributed by atoms with Crippen LogP contribution in [0.25, 0.3) is 10.8 Å². The number of nitrogens with two attached hydrogens (primary N) is 1. The number of nitrogen functional groups attached to an aromatic ring is 1. The molecular weight excluding hydrogens is 222 g/mol. The molecule has 1 aromatic heterocycles. The van der Waals surface area contributed by atoms with Gasteiger partial charge in [0.05, 0.1) is 11.4 Å². The number of rotatable bonds is 4. The van der Waals surface area contributed by atoms with Crippen LogP contribution >= 0.6 is 0 Å². The van der Waals surface area contributed by atoms with Gasteiger partial charge in [-0.25, -0.2) is 0 Å². The van der Waals surface area contributed by atoms with Crippen molar-refractivity contribution in [1.29, 1.82) is 0 Å². The molecule has 3 nitrogen and oxygen atoms in total. The Bertz CT molecular complexity index is 565. The van der Waals surface area contributed by atoms with Gasteiger partial charge >= 0.3 is 0 Å². The first-order valence-corrected chi connectivity index (χ1v) is 6.68. The fourth-order valence-electron chi connectivity index (χ4n) is 2.63. The third-order valence-electron chi connectivity index (χ3n) is 3.78. The van der Waals surface area contributed by atoms with Gasteiger partial charge in [0.2, 0.25) is 0 Å². The fourth-order valence-corrected chi connectivity index (χ4v) is 2.63. The number of pyridine rings is 1. The predicted molar refractivity (Wildman–Crippen MR) is 76.6 cm³/mol. The van der Waals surface area contributed by atoms with E-state index in [1.54, 1.807) is 6.20 Å². The SMILES string of the molecule is CCCC1CC1Nc1ccc2cnccc2c1N. The summed E-state index contributed by atoms with van der Waals surface area (Å²) in [5, 5.41) is 5.75. The molecule has 3 N–H and O–H groups in total. The van der Waals surface area contributed by atoms with Gasteiger partial charge in [0, 0.05) is 29.2 Å². The zero-order valence-electron chi connectivity index (χ0n) is 10.7. The maximum absolute atomic E-state index is 6.22. The van der Waals surface area contributed by atoms with E-state index in [0.717, 1.165) is 28.1 Å². The summed E-state index contributed by atoms with van der Waals surface area (Å²) in [5.41, 5.74) is 8.14. The lowest BCUT2D eigenvalue weighted by atomic mass is 10.1. The Labute approximate surface area is 107 Å². The van der Waals surface area contributed by atoms with Crippen molar-refractivity contribution in [2.75, 3.05) is 11.1 Å². The monoisotopic (exact) mass is 241 g/mol. The first-order chi connectivity index (χ1) is 8.79. The molecule has 3 heteroatoms. The fraction of sp³-hybridized carbons (Fsp3) is 0.400. The summed E-state index contributed by atoms with van der Waals surface area (Å²) in [5.74, 6) is 0.836. The molecule has 0 aliphatic heterocycles. The van der Waals surface area contributed by atoms with Crippen LogP contribution in [-0.4, -0.2) is 11.0 Å². The van der Waals surface area contributed by atoms with Gasteiger partial charge in [-0.05, 0) is 30.9 Å². The van der Waals surface area contributed by atoms with E-state index in [0.29, 0.717) is 6.04 Å². The van der Waals surface area contributed by atoms with Crippen molar-refractivity contribution in [2.45, 2.75) is 32.2 Å². The Balaban J connectivity index is 1.83. The molecule has 2 unspecified atom stereocenters. The van der Waals surface area contributed by atoms with E-state index in [9.17, 15) is 0 Å². The molecule has 1 aromatic carbocycles. The van der Waals surface area contributed by atoms with E-state index in [2.05, 4.69) is 29.4 Å². The summed E-state index contributed by atoms with van der Waals surface area (Å²) >= 11 is 0. The molecule has 1 aliphatic rings. The lowest BCUT2D eigenvalue weighted by molar-refractivity contribution is 0.693. The number of fused-ring (bicyclic) bond motifs is 1. The molecular formula is C15H19N3. The molecule has 2 aromatic rings. The van der Waals surface area contributed by atoms with Crippen molar-refractivity contribution in [1.82, 2.24) is 4.98 Å². The zero-order valence-corrected chi connectivity index (χ0v) is 10.7. The number of aromatic nitrogens is 1. The van der Waals surface area contributed by atoms with E-state index in [-0.39, 0.29) is 0 Å². The van der Waals surface area contributed by atoms with Crippen LogP contribution in [0.4, 0.5) is 11.4 Å². The van der Waals surface area contributed by atoms with Crippen LogP contribution in [0, 0.1) is 5.92 Å². The van der Waals surface area contributed by atoms with Gasteiger partial charge < -0.3 is 11.1 Å². The number of hydrogen-bond acceptors (Lipinski definition) is 3. The first-order valence-electron chi connectivity index (χ1n) is 6.68. The maximum atomic E-state index is 6.22. The van der Waals surface area contributed by atoms with Gasteiger partial charge in [0.15, 0.2) is 0 Å². The molecule has 0 radical (unpaired) electrons. The molecule has 2 atom stereocenters. The highest BCUT2D eigenvalue weighted by molar-refractivity contribution is 5.98. The Morgan fingerprint density at radius 3 is 3.11 bits per heavy atom. The van der Waals surface area contributed by atoms with Crippen LogP contribution in [0.2, 0.25) is 0 Å². The second-order valence-corrected chi connectivity index (χ2v) is 5.16. The smallest absolute Gasteiger partial charge is 0.0630 e. The van der Waals surface area contributed by atoms with Crippen LogP contribution in [0.5, 0.6) is 0 Å². The van der Waals surface area contributed by atoms with Gasteiger partial charge in [0.1, 0.15) is 0 Å². The van der Waals surface area contributed by atoms with Crippen molar-refractivity contribution in [3.63, 3.8) is 0 Å². The number of hydrogen-bond donors (Lipinski definition) is 2. The second-order valence-electron chi connectivity index (χ2n) is 5.16. The molecule has 1 saturated carbocycles. The molecule has 3 rings (SSSR count). The molecule has 0 saturated heterocycles. The highest BCUT2D eigenvalue weighted by Gasteiger charge is 2.36. The highest BCUT2D eigenvalue weighted by Crippen LogP contribution is 2.39. The summed E-state index contributed by atoms with van der Waals surface area (Å²) in [4.78, 5) is 4.12. The topological polar surface area (TPSA) is 50.9 Å². The summed E-state index contributed by atoms with van der Waals surface area (Å²) in [6.07, 6.45) is 7.50. The minimum Gasteiger partial charge on any atom is -0.397 e. The van der Waals surface area contributed by atoms with Crippen LogP contribution in [0.1, 0.15) is 26.2 Å². The largest absolute Gasteiger partial charge is 0.397 e. The highest BCUT2D eigenvalue weighted by atomic mass is 15.0. The third-order valence-corrected chi connectivity index (χ3v) is 3.78.